The highest BCUT2D eigenvalue weighted by Crippen LogP contribution is 2.31. The number of urea groups is 1. The number of hydrogen-bond acceptors (Lipinski definition) is 3. The van der Waals surface area contributed by atoms with Gasteiger partial charge in [-0.05, 0) is 37.6 Å². The molecule has 2 aromatic rings. The number of anilines is 3. The normalized spacial score (nSPS) is 13.4. The molecule has 2 heterocycles. The lowest BCUT2D eigenvalue weighted by Gasteiger charge is -2.36. The molecule has 0 unspecified atom stereocenters. The van der Waals surface area contributed by atoms with Gasteiger partial charge in [0.15, 0.2) is 5.82 Å². The summed E-state index contributed by atoms with van der Waals surface area (Å²) in [6.45, 7) is 9.90. The summed E-state index contributed by atoms with van der Waals surface area (Å²) in [5.41, 5.74) is 3.90. The Morgan fingerprint density at radius 3 is 2.92 bits per heavy atom. The molecule has 5 heteroatoms. The third-order valence-corrected chi connectivity index (χ3v) is 4.17. The number of nitrogens with zero attached hydrogens (tertiary/aromatic N) is 3. The SMILES string of the molecule is C=CCN1CCN(C(=O)Nc2ccc(C)cc2C)c2cccnc21. The molecule has 0 saturated carbocycles. The van der Waals surface area contributed by atoms with Gasteiger partial charge in [0.05, 0.1) is 5.69 Å². The van der Waals surface area contributed by atoms with Crippen LogP contribution in [-0.2, 0) is 0 Å². The number of carbonyl (C=O) groups excluding carboxylic acids is 1. The van der Waals surface area contributed by atoms with Crippen molar-refractivity contribution >= 4 is 23.2 Å². The van der Waals surface area contributed by atoms with Gasteiger partial charge in [0.2, 0.25) is 0 Å². The van der Waals surface area contributed by atoms with Gasteiger partial charge in [0.25, 0.3) is 0 Å². The lowest BCUT2D eigenvalue weighted by atomic mass is 10.1. The first-order valence-corrected chi connectivity index (χ1v) is 8.07. The maximum absolute atomic E-state index is 12.8. The van der Waals surface area contributed by atoms with Crippen molar-refractivity contribution < 1.29 is 4.79 Å². The smallest absolute Gasteiger partial charge is 0.326 e. The zero-order valence-corrected chi connectivity index (χ0v) is 14.1. The maximum Gasteiger partial charge on any atom is 0.326 e. The monoisotopic (exact) mass is 322 g/mol. The van der Waals surface area contributed by atoms with Crippen LogP contribution in [0.1, 0.15) is 11.1 Å². The van der Waals surface area contributed by atoms with Crippen LogP contribution in [0.4, 0.5) is 22.0 Å². The van der Waals surface area contributed by atoms with Crippen LogP contribution in [0.2, 0.25) is 0 Å². The molecule has 0 fully saturated rings. The third-order valence-electron chi connectivity index (χ3n) is 4.17. The summed E-state index contributed by atoms with van der Waals surface area (Å²) < 4.78 is 0. The Kier molecular flexibility index (Phi) is 4.51. The molecule has 2 amide bonds. The summed E-state index contributed by atoms with van der Waals surface area (Å²) in [5.74, 6) is 0.819. The van der Waals surface area contributed by atoms with E-state index < -0.39 is 0 Å². The first kappa shape index (κ1) is 16.1. The minimum Gasteiger partial charge on any atom is -0.349 e. The minimum atomic E-state index is -0.130. The largest absolute Gasteiger partial charge is 0.349 e. The standard InChI is InChI=1S/C19H22N4O/c1-4-10-22-11-12-23(17-6-5-9-20-18(17)22)19(24)21-16-8-7-14(2)13-15(16)3/h4-9,13H,1,10-12H2,2-3H3,(H,21,24). The van der Waals surface area contributed by atoms with Crippen molar-refractivity contribution in [3.63, 3.8) is 0 Å². The van der Waals surface area contributed by atoms with Crippen molar-refractivity contribution in [3.05, 3.63) is 60.3 Å². The van der Waals surface area contributed by atoms with Gasteiger partial charge >= 0.3 is 6.03 Å². The van der Waals surface area contributed by atoms with E-state index in [9.17, 15) is 4.79 Å². The second-order valence-corrected chi connectivity index (χ2v) is 5.98. The van der Waals surface area contributed by atoms with E-state index in [-0.39, 0.29) is 6.03 Å². The number of nitrogens with one attached hydrogen (secondary N) is 1. The third kappa shape index (κ3) is 3.11. The van der Waals surface area contributed by atoms with Crippen LogP contribution < -0.4 is 15.1 Å². The number of amides is 2. The summed E-state index contributed by atoms with van der Waals surface area (Å²) in [4.78, 5) is 21.1. The Hall–Kier alpha value is -2.82. The van der Waals surface area contributed by atoms with E-state index in [0.717, 1.165) is 35.8 Å². The predicted octanol–water partition coefficient (Wildman–Crippen LogP) is 3.74. The first-order chi connectivity index (χ1) is 11.6. The fraction of sp³-hybridized carbons (Fsp3) is 0.263. The van der Waals surface area contributed by atoms with Crippen molar-refractivity contribution in [1.82, 2.24) is 4.98 Å². The number of carbonyl (C=O) groups is 1. The fourth-order valence-electron chi connectivity index (χ4n) is 2.97. The summed E-state index contributed by atoms with van der Waals surface area (Å²) in [6, 6.07) is 9.66. The Balaban J connectivity index is 1.85. The van der Waals surface area contributed by atoms with E-state index in [1.807, 2.05) is 44.2 Å². The van der Waals surface area contributed by atoms with Crippen LogP contribution >= 0.6 is 0 Å². The Morgan fingerprint density at radius 1 is 1.33 bits per heavy atom. The van der Waals surface area contributed by atoms with Gasteiger partial charge in [0.1, 0.15) is 0 Å². The Morgan fingerprint density at radius 2 is 2.17 bits per heavy atom. The van der Waals surface area contributed by atoms with Gasteiger partial charge in [-0.15, -0.1) is 6.58 Å². The topological polar surface area (TPSA) is 48.5 Å². The number of pyridine rings is 1. The average Bonchev–Trinajstić information content (AvgIpc) is 2.58. The van der Waals surface area contributed by atoms with Crippen molar-refractivity contribution in [2.45, 2.75) is 13.8 Å². The van der Waals surface area contributed by atoms with Crippen LogP contribution in [0.3, 0.4) is 0 Å². The van der Waals surface area contributed by atoms with Gasteiger partial charge in [-0.1, -0.05) is 23.8 Å². The van der Waals surface area contributed by atoms with Gasteiger partial charge in [-0.2, -0.15) is 0 Å². The van der Waals surface area contributed by atoms with E-state index in [2.05, 4.69) is 27.8 Å². The molecular weight excluding hydrogens is 300 g/mol. The zero-order chi connectivity index (χ0) is 17.1. The van der Waals surface area contributed by atoms with Crippen LogP contribution in [0.15, 0.2) is 49.2 Å². The van der Waals surface area contributed by atoms with Crippen molar-refractivity contribution in [3.8, 4) is 0 Å². The summed E-state index contributed by atoms with van der Waals surface area (Å²) in [7, 11) is 0. The second kappa shape index (κ2) is 6.74. The molecule has 0 aliphatic carbocycles. The highest BCUT2D eigenvalue weighted by molar-refractivity contribution is 6.04. The number of benzene rings is 1. The van der Waals surface area contributed by atoms with Crippen LogP contribution in [0, 0.1) is 13.8 Å². The van der Waals surface area contributed by atoms with Gasteiger partial charge in [0, 0.05) is 31.5 Å². The molecule has 3 rings (SSSR count). The molecule has 0 saturated heterocycles. The number of rotatable bonds is 3. The lowest BCUT2D eigenvalue weighted by molar-refractivity contribution is 0.256. The minimum absolute atomic E-state index is 0.130. The second-order valence-electron chi connectivity index (χ2n) is 5.98. The predicted molar refractivity (Wildman–Crippen MR) is 98.9 cm³/mol. The summed E-state index contributed by atoms with van der Waals surface area (Å²) in [5, 5.41) is 3.02. The van der Waals surface area contributed by atoms with E-state index in [1.54, 1.807) is 11.1 Å². The molecule has 1 aromatic carbocycles. The quantitative estimate of drug-likeness (QED) is 0.876. The number of aromatic nitrogens is 1. The van der Waals surface area contributed by atoms with Gasteiger partial charge in [-0.25, -0.2) is 9.78 Å². The van der Waals surface area contributed by atoms with Gasteiger partial charge < -0.3 is 10.2 Å². The molecule has 1 aliphatic rings. The molecule has 124 valence electrons. The molecule has 0 spiro atoms. The molecule has 1 aliphatic heterocycles. The molecule has 24 heavy (non-hydrogen) atoms. The molecule has 0 bridgehead atoms. The highest BCUT2D eigenvalue weighted by atomic mass is 16.2. The van der Waals surface area contributed by atoms with E-state index in [4.69, 9.17) is 0 Å². The van der Waals surface area contributed by atoms with Gasteiger partial charge in [-0.3, -0.25) is 4.90 Å². The molecular formula is C19H22N4O. The Labute approximate surface area is 142 Å². The Bertz CT molecular complexity index is 772. The zero-order valence-electron chi connectivity index (χ0n) is 14.1. The molecule has 0 atom stereocenters. The number of aryl methyl sites for hydroxylation is 2. The van der Waals surface area contributed by atoms with Crippen molar-refractivity contribution in [2.75, 3.05) is 34.8 Å². The lowest BCUT2D eigenvalue weighted by Crippen LogP contribution is -2.46. The summed E-state index contributed by atoms with van der Waals surface area (Å²) in [6.07, 6.45) is 3.60. The van der Waals surface area contributed by atoms with Crippen molar-refractivity contribution in [1.29, 1.82) is 0 Å². The van der Waals surface area contributed by atoms with E-state index in [1.165, 1.54) is 5.56 Å². The van der Waals surface area contributed by atoms with Crippen LogP contribution in [0.5, 0.6) is 0 Å². The number of fused-ring (bicyclic) bond motifs is 1. The van der Waals surface area contributed by atoms with Crippen LogP contribution in [-0.4, -0.2) is 30.6 Å². The molecule has 1 aromatic heterocycles. The highest BCUT2D eigenvalue weighted by Gasteiger charge is 2.27. The number of hydrogen-bond donors (Lipinski definition) is 1. The average molecular weight is 322 g/mol. The summed E-state index contributed by atoms with van der Waals surface area (Å²) >= 11 is 0. The first-order valence-electron chi connectivity index (χ1n) is 8.07. The van der Waals surface area contributed by atoms with E-state index >= 15 is 0 Å². The van der Waals surface area contributed by atoms with Crippen LogP contribution in [0.25, 0.3) is 0 Å². The fourth-order valence-corrected chi connectivity index (χ4v) is 2.97. The van der Waals surface area contributed by atoms with E-state index in [0.29, 0.717) is 6.54 Å². The molecule has 0 radical (unpaired) electrons. The maximum atomic E-state index is 12.8. The molecule has 5 nitrogen and oxygen atoms in total. The molecule has 1 N–H and O–H groups in total. The van der Waals surface area contributed by atoms with Crippen molar-refractivity contribution in [2.24, 2.45) is 0 Å².